The fraction of sp³-hybridized carbons (Fsp3) is 0.100. The fourth-order valence-corrected chi connectivity index (χ4v) is 4.19. The molecular formula is C30H22FIrN2O2-. The number of rotatable bonds is 2. The molecular weight excluding hydrogens is 632 g/mol. The van der Waals surface area contributed by atoms with Gasteiger partial charge in [-0.05, 0) is 71.6 Å². The molecule has 4 nitrogen and oxygen atoms in total. The first-order valence-corrected chi connectivity index (χ1v) is 11.0. The number of allylic oxidation sites excluding steroid dienone is 2. The summed E-state index contributed by atoms with van der Waals surface area (Å²) in [5.74, 6) is -0.307. The minimum Gasteiger partial charge on any atom is -0.512 e. The van der Waals surface area contributed by atoms with Crippen LogP contribution in [-0.2, 0) is 24.9 Å². The predicted molar refractivity (Wildman–Crippen MR) is 138 cm³/mol. The maximum Gasteiger partial charge on any atom is 0.155 e. The van der Waals surface area contributed by atoms with Crippen molar-refractivity contribution in [2.75, 3.05) is 0 Å². The minimum absolute atomic E-state index is 0. The summed E-state index contributed by atoms with van der Waals surface area (Å²) in [7, 11) is 0. The molecule has 1 heterocycles. The molecule has 1 N–H and O–H groups in total. The maximum atomic E-state index is 13.7. The molecule has 181 valence electrons. The molecule has 0 atom stereocenters. The number of hydrogen-bond acceptors (Lipinski definition) is 4. The molecule has 0 unspecified atom stereocenters. The SMILES string of the molecule is CC(=O)/C=C(/C)O.Cc1cc2c(-c3[c-]c4ccccc4c(C#N)c3)nccc2c2ccc(F)cc12.[Ir]. The Bertz CT molecular complexity index is 1680. The van der Waals surface area contributed by atoms with Crippen LogP contribution in [0.1, 0.15) is 25.0 Å². The van der Waals surface area contributed by atoms with Crippen LogP contribution in [0.4, 0.5) is 4.39 Å². The Morgan fingerprint density at radius 2 is 1.72 bits per heavy atom. The Morgan fingerprint density at radius 1 is 1.00 bits per heavy atom. The number of carbonyl (C=O) groups is 1. The van der Waals surface area contributed by atoms with E-state index in [2.05, 4.69) is 17.1 Å². The van der Waals surface area contributed by atoms with Crippen LogP contribution >= 0.6 is 0 Å². The Labute approximate surface area is 222 Å². The average molecular weight is 654 g/mol. The number of carbonyl (C=O) groups excluding carboxylic acids is 1. The molecule has 0 aliphatic heterocycles. The number of benzene rings is 4. The van der Waals surface area contributed by atoms with Crippen molar-refractivity contribution in [2.24, 2.45) is 0 Å². The topological polar surface area (TPSA) is 74.0 Å². The third-order valence-electron chi connectivity index (χ3n) is 5.61. The van der Waals surface area contributed by atoms with E-state index >= 15 is 0 Å². The molecule has 0 fully saturated rings. The zero-order chi connectivity index (χ0) is 25.1. The van der Waals surface area contributed by atoms with Gasteiger partial charge in [0.05, 0.1) is 11.8 Å². The average Bonchev–Trinajstić information content (AvgIpc) is 2.82. The van der Waals surface area contributed by atoms with Crippen molar-refractivity contribution in [1.29, 1.82) is 5.26 Å². The monoisotopic (exact) mass is 654 g/mol. The van der Waals surface area contributed by atoms with Crippen molar-refractivity contribution in [1.82, 2.24) is 4.98 Å². The van der Waals surface area contributed by atoms with Crippen molar-refractivity contribution in [3.05, 3.63) is 102 Å². The van der Waals surface area contributed by atoms with Crippen molar-refractivity contribution in [2.45, 2.75) is 20.8 Å². The van der Waals surface area contributed by atoms with Gasteiger partial charge in [-0.1, -0.05) is 41.3 Å². The number of pyridine rings is 1. The standard InChI is InChI=1S/C25H14FN2.C5H8O2.Ir/c1-15-10-24-22(21-7-6-19(26)13-23(15)21)8-9-28-25(24)17-11-16-4-2-3-5-20(16)18(12-17)14-27;1-4(6)3-5(2)7;/h2-10,12-13H,1H3;3,6H,1-2H3;/q-1;;/b;4-3-;. The third-order valence-corrected chi connectivity index (χ3v) is 5.61. The first kappa shape index (κ1) is 26.7. The van der Waals surface area contributed by atoms with Gasteiger partial charge in [-0.2, -0.15) is 5.26 Å². The fourth-order valence-electron chi connectivity index (χ4n) is 4.19. The first-order valence-electron chi connectivity index (χ1n) is 11.0. The second-order valence-electron chi connectivity index (χ2n) is 8.29. The van der Waals surface area contributed by atoms with E-state index in [4.69, 9.17) is 5.11 Å². The number of aromatic nitrogens is 1. The number of halogens is 1. The molecule has 36 heavy (non-hydrogen) atoms. The normalized spacial score (nSPS) is 10.9. The molecule has 0 amide bonds. The van der Waals surface area contributed by atoms with Crippen molar-refractivity contribution < 1.29 is 34.4 Å². The maximum absolute atomic E-state index is 13.7. The zero-order valence-corrected chi connectivity index (χ0v) is 22.3. The molecule has 1 aromatic heterocycles. The van der Waals surface area contributed by atoms with Crippen LogP contribution in [0.5, 0.6) is 0 Å². The summed E-state index contributed by atoms with van der Waals surface area (Å²) in [4.78, 5) is 14.6. The number of hydrogen-bond donors (Lipinski definition) is 1. The number of ketones is 1. The van der Waals surface area contributed by atoms with Crippen LogP contribution < -0.4 is 0 Å². The Hall–Kier alpha value is -3.91. The van der Waals surface area contributed by atoms with Crippen molar-refractivity contribution >= 4 is 38.1 Å². The quantitative estimate of drug-likeness (QED) is 0.0936. The molecule has 0 saturated carbocycles. The number of aryl methyl sites for hydroxylation is 1. The molecule has 6 heteroatoms. The second kappa shape index (κ2) is 11.2. The smallest absolute Gasteiger partial charge is 0.155 e. The molecule has 0 spiro atoms. The Kier molecular flexibility index (Phi) is 8.32. The molecule has 5 rings (SSSR count). The van der Waals surface area contributed by atoms with E-state index in [0.717, 1.165) is 49.1 Å². The van der Waals surface area contributed by atoms with Gasteiger partial charge in [0.2, 0.25) is 0 Å². The molecule has 4 aromatic carbocycles. The van der Waals surface area contributed by atoms with Gasteiger partial charge >= 0.3 is 0 Å². The van der Waals surface area contributed by atoms with Crippen LogP contribution in [0.25, 0.3) is 43.6 Å². The third kappa shape index (κ3) is 5.49. The van der Waals surface area contributed by atoms with Gasteiger partial charge in [0.25, 0.3) is 0 Å². The second-order valence-corrected chi connectivity index (χ2v) is 8.29. The van der Waals surface area contributed by atoms with Gasteiger partial charge in [-0.15, -0.1) is 23.6 Å². The molecule has 0 saturated heterocycles. The van der Waals surface area contributed by atoms with E-state index in [0.29, 0.717) is 5.56 Å². The molecule has 1 radical (unpaired) electrons. The molecule has 0 aliphatic carbocycles. The van der Waals surface area contributed by atoms with Gasteiger partial charge in [0.15, 0.2) is 5.78 Å². The van der Waals surface area contributed by atoms with E-state index in [9.17, 15) is 14.4 Å². The van der Waals surface area contributed by atoms with E-state index in [1.807, 2.05) is 55.5 Å². The van der Waals surface area contributed by atoms with Gasteiger partial charge in [-0.3, -0.25) is 9.78 Å². The molecule has 0 aliphatic rings. The van der Waals surface area contributed by atoms with E-state index in [-0.39, 0.29) is 37.5 Å². The van der Waals surface area contributed by atoms with E-state index in [1.54, 1.807) is 12.3 Å². The summed E-state index contributed by atoms with van der Waals surface area (Å²) in [5, 5.41) is 23.6. The van der Waals surface area contributed by atoms with Gasteiger partial charge < -0.3 is 5.11 Å². The number of aliphatic hydroxyl groups excluding tert-OH is 1. The van der Waals surface area contributed by atoms with E-state index < -0.39 is 0 Å². The van der Waals surface area contributed by atoms with Crippen molar-refractivity contribution in [3.63, 3.8) is 0 Å². The number of aliphatic hydroxyl groups is 1. The molecule has 5 aromatic rings. The van der Waals surface area contributed by atoms with Gasteiger partial charge in [-0.25, -0.2) is 4.39 Å². The first-order chi connectivity index (χ1) is 16.8. The zero-order valence-electron chi connectivity index (χ0n) is 19.9. The number of nitrogens with zero attached hydrogens (tertiary/aromatic N) is 2. The number of fused-ring (bicyclic) bond motifs is 4. The summed E-state index contributed by atoms with van der Waals surface area (Å²) >= 11 is 0. The predicted octanol–water partition coefficient (Wildman–Crippen LogP) is 7.36. The largest absolute Gasteiger partial charge is 0.512 e. The van der Waals surface area contributed by atoms with Crippen LogP contribution in [0.2, 0.25) is 0 Å². The minimum atomic E-state index is -0.245. The van der Waals surface area contributed by atoms with E-state index in [1.165, 1.54) is 26.0 Å². The van der Waals surface area contributed by atoms with Crippen molar-refractivity contribution in [3.8, 4) is 17.3 Å². The van der Waals surface area contributed by atoms with Crippen LogP contribution in [0.3, 0.4) is 0 Å². The van der Waals surface area contributed by atoms with Crippen LogP contribution in [0.15, 0.2) is 78.7 Å². The van der Waals surface area contributed by atoms with Gasteiger partial charge in [0, 0.05) is 38.1 Å². The number of nitriles is 1. The summed E-state index contributed by atoms with van der Waals surface area (Å²) in [6, 6.07) is 24.1. The van der Waals surface area contributed by atoms with Crippen LogP contribution in [-0.4, -0.2) is 15.9 Å². The summed E-state index contributed by atoms with van der Waals surface area (Å²) in [5.41, 5.74) is 3.14. The van der Waals surface area contributed by atoms with Crippen LogP contribution in [0, 0.1) is 30.1 Å². The summed E-state index contributed by atoms with van der Waals surface area (Å²) in [6.07, 6.45) is 2.92. The molecule has 0 bridgehead atoms. The summed E-state index contributed by atoms with van der Waals surface area (Å²) in [6.45, 7) is 4.82. The van der Waals surface area contributed by atoms with Gasteiger partial charge in [0.1, 0.15) is 5.82 Å². The Balaban J connectivity index is 0.000000400. The Morgan fingerprint density at radius 3 is 2.39 bits per heavy atom. The summed E-state index contributed by atoms with van der Waals surface area (Å²) < 4.78 is 13.7.